The van der Waals surface area contributed by atoms with Gasteiger partial charge in [-0.05, 0) is 18.4 Å². The maximum Gasteiger partial charge on any atom is 0.191 e. The average Bonchev–Trinajstić information content (AvgIpc) is 3.18. The van der Waals surface area contributed by atoms with E-state index in [0.717, 1.165) is 57.4 Å². The number of aliphatic imine (C=N–C) groups is 1. The highest BCUT2D eigenvalue weighted by molar-refractivity contribution is 5.79. The van der Waals surface area contributed by atoms with Crippen molar-refractivity contribution in [3.8, 4) is 0 Å². The maximum absolute atomic E-state index is 5.94. The number of ether oxygens (including phenoxy) is 1. The molecule has 1 saturated heterocycles. The van der Waals surface area contributed by atoms with Crippen molar-refractivity contribution in [3.05, 3.63) is 53.9 Å². The fourth-order valence-corrected chi connectivity index (χ4v) is 3.65. The molecule has 30 heavy (non-hydrogen) atoms. The molecule has 1 aromatic carbocycles. The van der Waals surface area contributed by atoms with Crippen molar-refractivity contribution in [1.82, 2.24) is 25.3 Å². The van der Waals surface area contributed by atoms with E-state index in [4.69, 9.17) is 9.73 Å². The van der Waals surface area contributed by atoms with Crippen molar-refractivity contribution >= 4 is 5.96 Å². The zero-order valence-electron chi connectivity index (χ0n) is 18.6. The zero-order chi connectivity index (χ0) is 21.2. The summed E-state index contributed by atoms with van der Waals surface area (Å²) in [5.74, 6) is 1.50. The van der Waals surface area contributed by atoms with Crippen LogP contribution in [0.5, 0.6) is 0 Å². The molecule has 0 radical (unpaired) electrons. The van der Waals surface area contributed by atoms with Gasteiger partial charge in [0.2, 0.25) is 0 Å². The van der Waals surface area contributed by atoms with Gasteiger partial charge in [0.25, 0.3) is 0 Å². The van der Waals surface area contributed by atoms with Gasteiger partial charge in [0.15, 0.2) is 5.96 Å². The SMILES string of the molecule is CCNC(=NCc1cnn(Cc2ccccc2)c1)NCC1CN(CC(C)C)CCO1. The Bertz CT molecular complexity index is 773. The highest BCUT2D eigenvalue weighted by Gasteiger charge is 2.21. The van der Waals surface area contributed by atoms with Crippen molar-refractivity contribution in [3.63, 3.8) is 0 Å². The molecule has 0 saturated carbocycles. The monoisotopic (exact) mass is 412 g/mol. The van der Waals surface area contributed by atoms with Crippen LogP contribution in [0, 0.1) is 5.92 Å². The summed E-state index contributed by atoms with van der Waals surface area (Å²) in [6.07, 6.45) is 4.15. The summed E-state index contributed by atoms with van der Waals surface area (Å²) >= 11 is 0. The highest BCUT2D eigenvalue weighted by atomic mass is 16.5. The smallest absolute Gasteiger partial charge is 0.191 e. The molecule has 0 aliphatic carbocycles. The minimum atomic E-state index is 0.190. The third-order valence-corrected chi connectivity index (χ3v) is 4.98. The second-order valence-electron chi connectivity index (χ2n) is 8.25. The number of hydrogen-bond acceptors (Lipinski definition) is 4. The van der Waals surface area contributed by atoms with E-state index in [1.807, 2.05) is 16.9 Å². The second-order valence-corrected chi connectivity index (χ2v) is 8.25. The molecule has 2 aromatic rings. The lowest BCUT2D eigenvalue weighted by Gasteiger charge is -2.34. The van der Waals surface area contributed by atoms with E-state index in [0.29, 0.717) is 12.5 Å². The molecular weight excluding hydrogens is 376 g/mol. The molecule has 1 atom stereocenters. The molecule has 164 valence electrons. The Balaban J connectivity index is 1.49. The van der Waals surface area contributed by atoms with E-state index in [1.54, 1.807) is 0 Å². The van der Waals surface area contributed by atoms with Gasteiger partial charge in [0.1, 0.15) is 0 Å². The molecule has 7 nitrogen and oxygen atoms in total. The first kappa shape index (κ1) is 22.3. The quantitative estimate of drug-likeness (QED) is 0.489. The Labute approximate surface area is 180 Å². The van der Waals surface area contributed by atoms with Crippen LogP contribution in [-0.4, -0.2) is 66.1 Å². The van der Waals surface area contributed by atoms with E-state index < -0.39 is 0 Å². The summed E-state index contributed by atoms with van der Waals surface area (Å²) in [6, 6.07) is 10.4. The lowest BCUT2D eigenvalue weighted by atomic mass is 10.2. The first-order valence-corrected chi connectivity index (χ1v) is 11.0. The van der Waals surface area contributed by atoms with Gasteiger partial charge in [-0.3, -0.25) is 9.58 Å². The topological polar surface area (TPSA) is 66.7 Å². The van der Waals surface area contributed by atoms with E-state index in [1.165, 1.54) is 5.56 Å². The van der Waals surface area contributed by atoms with Gasteiger partial charge in [-0.15, -0.1) is 0 Å². The minimum absolute atomic E-state index is 0.190. The van der Waals surface area contributed by atoms with Gasteiger partial charge in [-0.25, -0.2) is 4.99 Å². The van der Waals surface area contributed by atoms with Crippen molar-refractivity contribution in [2.45, 2.75) is 40.0 Å². The van der Waals surface area contributed by atoms with Crippen LogP contribution in [-0.2, 0) is 17.8 Å². The van der Waals surface area contributed by atoms with Crippen LogP contribution in [0.3, 0.4) is 0 Å². The zero-order valence-corrected chi connectivity index (χ0v) is 18.6. The van der Waals surface area contributed by atoms with Crippen LogP contribution in [0.1, 0.15) is 31.9 Å². The first-order chi connectivity index (χ1) is 14.6. The second kappa shape index (κ2) is 11.7. The van der Waals surface area contributed by atoms with Crippen LogP contribution < -0.4 is 10.6 Å². The number of hydrogen-bond donors (Lipinski definition) is 2. The molecule has 0 spiro atoms. The number of nitrogens with zero attached hydrogens (tertiary/aromatic N) is 4. The Morgan fingerprint density at radius 3 is 2.83 bits per heavy atom. The normalized spacial score (nSPS) is 18.0. The predicted octanol–water partition coefficient (Wildman–Crippen LogP) is 2.34. The summed E-state index contributed by atoms with van der Waals surface area (Å²) < 4.78 is 7.90. The van der Waals surface area contributed by atoms with Gasteiger partial charge in [0, 0.05) is 44.5 Å². The Morgan fingerprint density at radius 2 is 2.07 bits per heavy atom. The summed E-state index contributed by atoms with van der Waals surface area (Å²) in [4.78, 5) is 7.22. The molecule has 7 heteroatoms. The number of nitrogens with one attached hydrogen (secondary N) is 2. The molecule has 2 heterocycles. The van der Waals surface area contributed by atoms with Crippen molar-refractivity contribution in [2.24, 2.45) is 10.9 Å². The molecular formula is C23H36N6O. The third-order valence-electron chi connectivity index (χ3n) is 4.98. The third kappa shape index (κ3) is 7.46. The highest BCUT2D eigenvalue weighted by Crippen LogP contribution is 2.08. The molecule has 3 rings (SSSR count). The predicted molar refractivity (Wildman–Crippen MR) is 122 cm³/mol. The summed E-state index contributed by atoms with van der Waals surface area (Å²) in [5.41, 5.74) is 2.34. The Morgan fingerprint density at radius 1 is 1.23 bits per heavy atom. The first-order valence-electron chi connectivity index (χ1n) is 11.0. The van der Waals surface area contributed by atoms with Gasteiger partial charge in [-0.2, -0.15) is 5.10 Å². The molecule has 2 N–H and O–H groups in total. The van der Waals surface area contributed by atoms with Crippen LogP contribution in [0.15, 0.2) is 47.7 Å². The fourth-order valence-electron chi connectivity index (χ4n) is 3.65. The van der Waals surface area contributed by atoms with E-state index in [2.05, 4.69) is 71.9 Å². The van der Waals surface area contributed by atoms with E-state index >= 15 is 0 Å². The summed E-state index contributed by atoms with van der Waals surface area (Å²) in [5, 5.41) is 11.2. The fraction of sp³-hybridized carbons (Fsp3) is 0.565. The number of morpholine rings is 1. The lowest BCUT2D eigenvalue weighted by Crippen LogP contribution is -2.50. The molecule has 1 fully saturated rings. The average molecular weight is 413 g/mol. The largest absolute Gasteiger partial charge is 0.374 e. The Hall–Kier alpha value is -2.38. The lowest BCUT2D eigenvalue weighted by molar-refractivity contribution is -0.0284. The van der Waals surface area contributed by atoms with Crippen LogP contribution in [0.25, 0.3) is 0 Å². The minimum Gasteiger partial charge on any atom is -0.374 e. The Kier molecular flexibility index (Phi) is 8.71. The van der Waals surface area contributed by atoms with E-state index in [9.17, 15) is 0 Å². The van der Waals surface area contributed by atoms with Crippen molar-refractivity contribution < 1.29 is 4.74 Å². The van der Waals surface area contributed by atoms with Crippen molar-refractivity contribution in [2.75, 3.05) is 39.3 Å². The van der Waals surface area contributed by atoms with Gasteiger partial charge >= 0.3 is 0 Å². The van der Waals surface area contributed by atoms with Gasteiger partial charge < -0.3 is 15.4 Å². The summed E-state index contributed by atoms with van der Waals surface area (Å²) in [6.45, 7) is 13.5. The number of aromatic nitrogens is 2. The number of rotatable bonds is 9. The molecule has 1 aliphatic heterocycles. The van der Waals surface area contributed by atoms with Crippen molar-refractivity contribution in [1.29, 1.82) is 0 Å². The molecule has 0 bridgehead atoms. The van der Waals surface area contributed by atoms with Crippen LogP contribution >= 0.6 is 0 Å². The molecule has 1 aromatic heterocycles. The standard InChI is InChI=1S/C23H36N6O/c1-4-24-23(26-14-22-18-28(10-11-30-22)15-19(2)3)25-12-21-13-27-29(17-21)16-20-8-6-5-7-9-20/h5-9,13,17,19,22H,4,10-12,14-16,18H2,1-3H3,(H2,24,25,26). The molecule has 1 aliphatic rings. The molecule has 1 unspecified atom stereocenters. The van der Waals surface area contributed by atoms with E-state index in [-0.39, 0.29) is 6.10 Å². The maximum atomic E-state index is 5.94. The number of guanidine groups is 1. The number of benzene rings is 1. The van der Waals surface area contributed by atoms with Gasteiger partial charge in [-0.1, -0.05) is 44.2 Å². The molecule has 0 amide bonds. The van der Waals surface area contributed by atoms with Crippen LogP contribution in [0.4, 0.5) is 0 Å². The summed E-state index contributed by atoms with van der Waals surface area (Å²) in [7, 11) is 0. The van der Waals surface area contributed by atoms with Crippen LogP contribution in [0.2, 0.25) is 0 Å². The van der Waals surface area contributed by atoms with Gasteiger partial charge in [0.05, 0.1) is 32.0 Å².